The van der Waals surface area contributed by atoms with Crippen LogP contribution in [0.1, 0.15) is 32.3 Å². The zero-order valence-electron chi connectivity index (χ0n) is 11.4. The second-order valence-corrected chi connectivity index (χ2v) is 4.93. The van der Waals surface area contributed by atoms with Crippen LogP contribution in [-0.4, -0.2) is 18.3 Å². The van der Waals surface area contributed by atoms with E-state index in [2.05, 4.69) is 5.32 Å². The van der Waals surface area contributed by atoms with Crippen molar-refractivity contribution >= 4 is 17.4 Å². The molecule has 1 unspecified atom stereocenters. The number of nitrogens with one attached hydrogen (secondary N) is 1. The second-order valence-electron chi connectivity index (χ2n) is 4.93. The molecule has 0 bridgehead atoms. The van der Waals surface area contributed by atoms with Crippen LogP contribution in [0.3, 0.4) is 0 Å². The molecule has 0 aromatic heterocycles. The summed E-state index contributed by atoms with van der Waals surface area (Å²) in [6, 6.07) is 5.58. The van der Waals surface area contributed by atoms with Gasteiger partial charge in [-0.2, -0.15) is 0 Å². The molecule has 4 nitrogen and oxygen atoms in total. The Balaban J connectivity index is 2.00. The van der Waals surface area contributed by atoms with Crippen molar-refractivity contribution in [2.24, 2.45) is 5.92 Å². The molecule has 0 spiro atoms. The first-order chi connectivity index (χ1) is 9.10. The first-order valence-corrected chi connectivity index (χ1v) is 6.68. The average Bonchev–Trinajstić information content (AvgIpc) is 2.43. The highest BCUT2D eigenvalue weighted by atomic mass is 16.5. The van der Waals surface area contributed by atoms with Crippen molar-refractivity contribution in [3.8, 4) is 5.75 Å². The Labute approximate surface area is 113 Å². The van der Waals surface area contributed by atoms with Crippen LogP contribution in [0, 0.1) is 5.92 Å². The van der Waals surface area contributed by atoms with Gasteiger partial charge in [0.1, 0.15) is 12.4 Å². The minimum atomic E-state index is 0.0253. The number of fused-ring (bicyclic) bond motifs is 1. The van der Waals surface area contributed by atoms with Gasteiger partial charge in [-0.3, -0.25) is 9.59 Å². The molecule has 0 fully saturated rings. The summed E-state index contributed by atoms with van der Waals surface area (Å²) < 4.78 is 5.49. The molecule has 19 heavy (non-hydrogen) atoms. The van der Waals surface area contributed by atoms with Gasteiger partial charge in [0.05, 0.1) is 0 Å². The molecule has 102 valence electrons. The highest BCUT2D eigenvalue weighted by Gasteiger charge is 2.16. The Kier molecular flexibility index (Phi) is 4.20. The van der Waals surface area contributed by atoms with Gasteiger partial charge in [0.15, 0.2) is 5.78 Å². The van der Waals surface area contributed by atoms with E-state index < -0.39 is 0 Å². The van der Waals surface area contributed by atoms with E-state index in [4.69, 9.17) is 4.74 Å². The van der Waals surface area contributed by atoms with Gasteiger partial charge in [0.2, 0.25) is 5.91 Å². The van der Waals surface area contributed by atoms with Crippen LogP contribution in [0.25, 0.3) is 0 Å². The lowest BCUT2D eigenvalue weighted by Crippen LogP contribution is -2.20. The first-order valence-electron chi connectivity index (χ1n) is 6.68. The van der Waals surface area contributed by atoms with Crippen LogP contribution >= 0.6 is 0 Å². The molecule has 0 radical (unpaired) electrons. The molecule has 1 aromatic rings. The van der Waals surface area contributed by atoms with Crippen LogP contribution in [0.15, 0.2) is 18.2 Å². The lowest BCUT2D eigenvalue weighted by Gasteiger charge is -2.18. The van der Waals surface area contributed by atoms with E-state index in [1.165, 1.54) is 0 Å². The lowest BCUT2D eigenvalue weighted by molar-refractivity contribution is -0.124. The predicted octanol–water partition coefficient (Wildman–Crippen LogP) is 2.57. The summed E-state index contributed by atoms with van der Waals surface area (Å²) >= 11 is 0. The maximum absolute atomic E-state index is 11.7. The van der Waals surface area contributed by atoms with Gasteiger partial charge in [-0.25, -0.2) is 0 Å². The minimum Gasteiger partial charge on any atom is -0.486 e. The molecule has 0 saturated heterocycles. The fourth-order valence-corrected chi connectivity index (χ4v) is 1.97. The van der Waals surface area contributed by atoms with Crippen LogP contribution in [0.2, 0.25) is 0 Å². The van der Waals surface area contributed by atoms with Crippen LogP contribution in [0.4, 0.5) is 5.69 Å². The third-order valence-electron chi connectivity index (χ3n) is 3.52. The molecule has 4 heteroatoms. The zero-order chi connectivity index (χ0) is 13.8. The largest absolute Gasteiger partial charge is 0.486 e. The number of ketones is 1. The topological polar surface area (TPSA) is 55.4 Å². The van der Waals surface area contributed by atoms with Crippen molar-refractivity contribution in [3.63, 3.8) is 0 Å². The molecule has 0 saturated carbocycles. The lowest BCUT2D eigenvalue weighted by atomic mass is 10.0. The van der Waals surface area contributed by atoms with Crippen LogP contribution < -0.4 is 10.1 Å². The molecule has 2 rings (SSSR count). The standard InChI is InChI=1S/C15H19NO3/c1-3-10(2)14(17)9-19-12-6-4-11-5-7-15(18)16-13(11)8-12/h4,6,8,10H,3,5,7,9H2,1-2H3,(H,16,18). The second kappa shape index (κ2) is 5.87. The smallest absolute Gasteiger partial charge is 0.224 e. The van der Waals surface area contributed by atoms with Crippen molar-refractivity contribution < 1.29 is 14.3 Å². The van der Waals surface area contributed by atoms with Gasteiger partial charge in [-0.1, -0.05) is 19.9 Å². The van der Waals surface area contributed by atoms with Gasteiger partial charge < -0.3 is 10.1 Å². The number of hydrogen-bond donors (Lipinski definition) is 1. The summed E-state index contributed by atoms with van der Waals surface area (Å²) in [5.74, 6) is 0.777. The van der Waals surface area contributed by atoms with Crippen molar-refractivity contribution in [2.75, 3.05) is 11.9 Å². The number of carbonyl (C=O) groups is 2. The van der Waals surface area contributed by atoms with E-state index in [-0.39, 0.29) is 24.2 Å². The molecule has 1 N–H and O–H groups in total. The molecule has 1 aliphatic heterocycles. The van der Waals surface area contributed by atoms with Gasteiger partial charge >= 0.3 is 0 Å². The summed E-state index contributed by atoms with van der Waals surface area (Å²) in [5.41, 5.74) is 1.91. The third-order valence-corrected chi connectivity index (χ3v) is 3.52. The highest BCUT2D eigenvalue weighted by Crippen LogP contribution is 2.27. The Morgan fingerprint density at radius 3 is 2.95 bits per heavy atom. The predicted molar refractivity (Wildman–Crippen MR) is 73.3 cm³/mol. The van der Waals surface area contributed by atoms with Crippen molar-refractivity contribution in [1.82, 2.24) is 0 Å². The van der Waals surface area contributed by atoms with Crippen molar-refractivity contribution in [2.45, 2.75) is 33.1 Å². The van der Waals surface area contributed by atoms with E-state index in [1.807, 2.05) is 26.0 Å². The molecule has 1 atom stereocenters. The van der Waals surface area contributed by atoms with Gasteiger partial charge in [-0.15, -0.1) is 0 Å². The third kappa shape index (κ3) is 3.34. The number of aryl methyl sites for hydroxylation is 1. The summed E-state index contributed by atoms with van der Waals surface area (Å²) in [5, 5.41) is 2.82. The van der Waals surface area contributed by atoms with Crippen LogP contribution in [-0.2, 0) is 16.0 Å². The fourth-order valence-electron chi connectivity index (χ4n) is 1.97. The number of Topliss-reactive ketones (excluding diaryl/α,β-unsaturated/α-hetero) is 1. The maximum Gasteiger partial charge on any atom is 0.224 e. The molecule has 1 heterocycles. The molecule has 0 aliphatic carbocycles. The fraction of sp³-hybridized carbons (Fsp3) is 0.467. The Morgan fingerprint density at radius 2 is 2.21 bits per heavy atom. The van der Waals surface area contributed by atoms with Gasteiger partial charge in [0.25, 0.3) is 0 Å². The zero-order valence-corrected chi connectivity index (χ0v) is 11.4. The molecule has 1 aromatic carbocycles. The Bertz CT molecular complexity index is 496. The monoisotopic (exact) mass is 261 g/mol. The van der Waals surface area contributed by atoms with E-state index in [9.17, 15) is 9.59 Å². The number of hydrogen-bond acceptors (Lipinski definition) is 3. The highest BCUT2D eigenvalue weighted by molar-refractivity contribution is 5.94. The number of rotatable bonds is 5. The first kappa shape index (κ1) is 13.6. The van der Waals surface area contributed by atoms with Crippen LogP contribution in [0.5, 0.6) is 5.75 Å². The van der Waals surface area contributed by atoms with Gasteiger partial charge in [-0.05, 0) is 24.5 Å². The summed E-state index contributed by atoms with van der Waals surface area (Å²) in [4.78, 5) is 23.0. The molecular formula is C15H19NO3. The summed E-state index contributed by atoms with van der Waals surface area (Å²) in [6.07, 6.45) is 2.11. The average molecular weight is 261 g/mol. The summed E-state index contributed by atoms with van der Waals surface area (Å²) in [7, 11) is 0. The van der Waals surface area contributed by atoms with E-state index >= 15 is 0 Å². The number of amides is 1. The van der Waals surface area contributed by atoms with Crippen molar-refractivity contribution in [1.29, 1.82) is 0 Å². The van der Waals surface area contributed by atoms with Crippen molar-refractivity contribution in [3.05, 3.63) is 23.8 Å². The summed E-state index contributed by atoms with van der Waals surface area (Å²) in [6.45, 7) is 3.97. The molecular weight excluding hydrogens is 242 g/mol. The van der Waals surface area contributed by atoms with E-state index in [0.717, 1.165) is 24.1 Å². The number of anilines is 1. The Hall–Kier alpha value is -1.84. The maximum atomic E-state index is 11.7. The molecule has 1 aliphatic rings. The number of ether oxygens (including phenoxy) is 1. The van der Waals surface area contributed by atoms with E-state index in [1.54, 1.807) is 6.07 Å². The molecule has 1 amide bonds. The van der Waals surface area contributed by atoms with Gasteiger partial charge in [0, 0.05) is 24.1 Å². The number of carbonyl (C=O) groups excluding carboxylic acids is 2. The quantitative estimate of drug-likeness (QED) is 0.886. The normalized spacial score (nSPS) is 15.4. The SMILES string of the molecule is CCC(C)C(=O)COc1ccc2c(c1)NC(=O)CC2. The minimum absolute atomic E-state index is 0.0253. The Morgan fingerprint density at radius 1 is 1.42 bits per heavy atom. The number of benzene rings is 1. The van der Waals surface area contributed by atoms with E-state index in [0.29, 0.717) is 12.2 Å².